The van der Waals surface area contributed by atoms with Gasteiger partial charge in [0.05, 0.1) is 12.6 Å². The molecule has 11 heteroatoms. The Bertz CT molecular complexity index is 582. The summed E-state index contributed by atoms with van der Waals surface area (Å²) in [5.74, 6) is -1.23. The highest BCUT2D eigenvalue weighted by atomic mass is 32.2. The first-order valence-electron chi connectivity index (χ1n) is 5.33. The molecular formula is C9H12F3N3O4S. The zero-order chi connectivity index (χ0) is 15.6. The lowest BCUT2D eigenvalue weighted by Gasteiger charge is -2.15. The number of aliphatic carboxylic acids is 1. The second-order valence-electron chi connectivity index (χ2n) is 4.11. The Morgan fingerprint density at radius 2 is 2.15 bits per heavy atom. The second kappa shape index (κ2) is 5.79. The van der Waals surface area contributed by atoms with Crippen molar-refractivity contribution in [3.63, 3.8) is 0 Å². The molecule has 1 unspecified atom stereocenters. The molecule has 0 amide bonds. The van der Waals surface area contributed by atoms with Gasteiger partial charge in [-0.2, -0.15) is 18.3 Å². The van der Waals surface area contributed by atoms with Crippen molar-refractivity contribution in [1.82, 2.24) is 14.5 Å². The maximum atomic E-state index is 12.1. The highest BCUT2D eigenvalue weighted by Gasteiger charge is 2.32. The molecule has 0 bridgehead atoms. The number of carboxylic acids is 1. The van der Waals surface area contributed by atoms with Gasteiger partial charge in [0.15, 0.2) is 0 Å². The molecule has 20 heavy (non-hydrogen) atoms. The number of rotatable bonds is 6. The summed E-state index contributed by atoms with van der Waals surface area (Å²) in [6.45, 7) is 0.528. The fraction of sp³-hybridized carbons (Fsp3) is 0.556. The van der Waals surface area contributed by atoms with Crippen LogP contribution in [0.1, 0.15) is 13.3 Å². The van der Waals surface area contributed by atoms with Crippen LogP contribution in [0.4, 0.5) is 13.2 Å². The Kier molecular flexibility index (Phi) is 4.76. The fourth-order valence-corrected chi connectivity index (χ4v) is 2.63. The SMILES string of the molecule is CC(CC(F)(F)F)NS(=O)(=O)c1cnn(CC(=O)O)c1. The van der Waals surface area contributed by atoms with Gasteiger partial charge in [0.1, 0.15) is 11.4 Å². The minimum atomic E-state index is -4.49. The lowest BCUT2D eigenvalue weighted by Crippen LogP contribution is -2.35. The second-order valence-corrected chi connectivity index (χ2v) is 5.82. The van der Waals surface area contributed by atoms with Gasteiger partial charge in [-0.05, 0) is 6.92 Å². The molecule has 0 aromatic carbocycles. The van der Waals surface area contributed by atoms with Gasteiger partial charge in [-0.3, -0.25) is 9.48 Å². The van der Waals surface area contributed by atoms with E-state index in [1.807, 2.05) is 4.72 Å². The van der Waals surface area contributed by atoms with Crippen molar-refractivity contribution in [2.45, 2.75) is 37.0 Å². The molecule has 2 N–H and O–H groups in total. The van der Waals surface area contributed by atoms with Crippen molar-refractivity contribution >= 4 is 16.0 Å². The molecule has 0 fully saturated rings. The molecule has 7 nitrogen and oxygen atoms in total. The van der Waals surface area contributed by atoms with Crippen molar-refractivity contribution in [3.05, 3.63) is 12.4 Å². The van der Waals surface area contributed by atoms with Crippen molar-refractivity contribution < 1.29 is 31.5 Å². The molecule has 0 saturated heterocycles. The van der Waals surface area contributed by atoms with Gasteiger partial charge >= 0.3 is 12.1 Å². The van der Waals surface area contributed by atoms with E-state index in [9.17, 15) is 26.4 Å². The lowest BCUT2D eigenvalue weighted by molar-refractivity contribution is -0.139. The van der Waals surface area contributed by atoms with Crippen LogP contribution in [0.2, 0.25) is 0 Å². The zero-order valence-electron chi connectivity index (χ0n) is 10.3. The molecule has 1 heterocycles. The van der Waals surface area contributed by atoms with Gasteiger partial charge < -0.3 is 5.11 Å². The monoisotopic (exact) mass is 315 g/mol. The fourth-order valence-electron chi connectivity index (χ4n) is 1.43. The molecule has 1 aromatic rings. The molecule has 1 rings (SSSR count). The Labute approximate surface area is 112 Å². The minimum absolute atomic E-state index is 0.396. The molecule has 0 aliphatic carbocycles. The topological polar surface area (TPSA) is 101 Å². The molecule has 1 aromatic heterocycles. The molecule has 1 atom stereocenters. The number of hydrogen-bond acceptors (Lipinski definition) is 4. The maximum absolute atomic E-state index is 12.1. The summed E-state index contributed by atoms with van der Waals surface area (Å²) in [5, 5.41) is 12.0. The van der Waals surface area contributed by atoms with Crippen LogP contribution in [0.15, 0.2) is 17.3 Å². The van der Waals surface area contributed by atoms with Crippen LogP contribution in [0, 0.1) is 0 Å². The number of carbonyl (C=O) groups is 1. The Morgan fingerprint density at radius 3 is 2.65 bits per heavy atom. The smallest absolute Gasteiger partial charge is 0.390 e. The van der Waals surface area contributed by atoms with Crippen LogP contribution in [0.5, 0.6) is 0 Å². The Balaban J connectivity index is 2.78. The van der Waals surface area contributed by atoms with Crippen molar-refractivity contribution in [2.24, 2.45) is 0 Å². The first-order chi connectivity index (χ1) is 8.99. The largest absolute Gasteiger partial charge is 0.480 e. The van der Waals surface area contributed by atoms with Crippen molar-refractivity contribution in [1.29, 1.82) is 0 Å². The third-order valence-corrected chi connectivity index (χ3v) is 3.66. The first-order valence-corrected chi connectivity index (χ1v) is 6.81. The van der Waals surface area contributed by atoms with E-state index in [-0.39, 0.29) is 0 Å². The van der Waals surface area contributed by atoms with Crippen LogP contribution >= 0.6 is 0 Å². The molecule has 0 aliphatic heterocycles. The molecule has 0 saturated carbocycles. The summed E-state index contributed by atoms with van der Waals surface area (Å²) < 4.78 is 62.5. The van der Waals surface area contributed by atoms with Gasteiger partial charge in [-0.15, -0.1) is 0 Å². The van der Waals surface area contributed by atoms with E-state index < -0.39 is 46.1 Å². The van der Waals surface area contributed by atoms with Crippen molar-refractivity contribution in [3.8, 4) is 0 Å². The normalized spacial score (nSPS) is 14.2. The highest BCUT2D eigenvalue weighted by Crippen LogP contribution is 2.22. The van der Waals surface area contributed by atoms with Crippen LogP contribution < -0.4 is 4.72 Å². The van der Waals surface area contributed by atoms with Crippen molar-refractivity contribution in [2.75, 3.05) is 0 Å². The number of halogens is 3. The van der Waals surface area contributed by atoms with Crippen LogP contribution in [0.25, 0.3) is 0 Å². The van der Waals surface area contributed by atoms with Gasteiger partial charge in [-0.1, -0.05) is 0 Å². The summed E-state index contributed by atoms with van der Waals surface area (Å²) in [4.78, 5) is 10.0. The summed E-state index contributed by atoms with van der Waals surface area (Å²) in [6, 6.07) is -1.34. The summed E-state index contributed by atoms with van der Waals surface area (Å²) in [6.07, 6.45) is -4.01. The third kappa shape index (κ3) is 5.17. The molecule has 0 spiro atoms. The first kappa shape index (κ1) is 16.4. The van der Waals surface area contributed by atoms with E-state index >= 15 is 0 Å². The number of sulfonamides is 1. The summed E-state index contributed by atoms with van der Waals surface area (Å²) >= 11 is 0. The van der Waals surface area contributed by atoms with E-state index in [0.717, 1.165) is 24.0 Å². The van der Waals surface area contributed by atoms with Gasteiger partial charge in [0.25, 0.3) is 0 Å². The Morgan fingerprint density at radius 1 is 1.55 bits per heavy atom. The average Bonchev–Trinajstić information content (AvgIpc) is 2.61. The predicted octanol–water partition coefficient (Wildman–Crippen LogP) is 0.587. The number of aromatic nitrogens is 2. The molecule has 0 radical (unpaired) electrons. The van der Waals surface area contributed by atoms with Crippen LogP contribution in [-0.4, -0.2) is 41.5 Å². The number of hydrogen-bond donors (Lipinski definition) is 2. The van der Waals surface area contributed by atoms with Crippen LogP contribution in [0.3, 0.4) is 0 Å². The quantitative estimate of drug-likeness (QED) is 0.800. The van der Waals surface area contributed by atoms with E-state index in [4.69, 9.17) is 5.11 Å². The summed E-state index contributed by atoms with van der Waals surface area (Å²) in [7, 11) is -4.17. The summed E-state index contributed by atoms with van der Waals surface area (Å²) in [5.41, 5.74) is 0. The number of nitrogens with one attached hydrogen (secondary N) is 1. The van der Waals surface area contributed by atoms with E-state index in [1.54, 1.807) is 0 Å². The number of nitrogens with zero attached hydrogens (tertiary/aromatic N) is 2. The van der Waals surface area contributed by atoms with E-state index in [2.05, 4.69) is 5.10 Å². The number of carboxylic acid groups (broad SMARTS) is 1. The van der Waals surface area contributed by atoms with Gasteiger partial charge in [0, 0.05) is 12.2 Å². The predicted molar refractivity (Wildman–Crippen MR) is 60.3 cm³/mol. The zero-order valence-corrected chi connectivity index (χ0v) is 11.1. The average molecular weight is 315 g/mol. The Hall–Kier alpha value is -1.62. The number of alkyl halides is 3. The van der Waals surface area contributed by atoms with Gasteiger partial charge in [-0.25, -0.2) is 13.1 Å². The standard InChI is InChI=1S/C9H12F3N3O4S/c1-6(2-9(10,11)12)14-20(18,19)7-3-13-15(4-7)5-8(16)17/h3-4,6,14H,2,5H2,1H3,(H,16,17). The van der Waals surface area contributed by atoms with Gasteiger partial charge in [0.2, 0.25) is 10.0 Å². The molecule has 0 aliphatic rings. The lowest BCUT2D eigenvalue weighted by atomic mass is 10.2. The maximum Gasteiger partial charge on any atom is 0.390 e. The molecular weight excluding hydrogens is 303 g/mol. The minimum Gasteiger partial charge on any atom is -0.480 e. The van der Waals surface area contributed by atoms with E-state index in [1.165, 1.54) is 0 Å². The highest BCUT2D eigenvalue weighted by molar-refractivity contribution is 7.89. The van der Waals surface area contributed by atoms with Crippen LogP contribution in [-0.2, 0) is 21.4 Å². The van der Waals surface area contributed by atoms with E-state index in [0.29, 0.717) is 0 Å². The third-order valence-electron chi connectivity index (χ3n) is 2.11. The molecule has 114 valence electrons.